The minimum atomic E-state index is -4.63. The highest BCUT2D eigenvalue weighted by Gasteiger charge is 2.34. The van der Waals surface area contributed by atoms with Crippen LogP contribution in [0.2, 0.25) is 5.02 Å². The Bertz CT molecular complexity index is 1220. The van der Waals surface area contributed by atoms with Crippen LogP contribution in [0.15, 0.2) is 52.7 Å². The first-order valence-corrected chi connectivity index (χ1v) is 12.1. The van der Waals surface area contributed by atoms with Gasteiger partial charge in [0.05, 0.1) is 16.2 Å². The third kappa shape index (κ3) is 4.75. The summed E-state index contributed by atoms with van der Waals surface area (Å²) in [5.74, 6) is -0.476. The molecule has 2 aromatic carbocycles. The second-order valence-corrected chi connectivity index (χ2v) is 10.3. The number of anilines is 1. The summed E-state index contributed by atoms with van der Waals surface area (Å²) in [6.45, 7) is 0.822. The minimum absolute atomic E-state index is 0.0965. The van der Waals surface area contributed by atoms with Gasteiger partial charge in [-0.05, 0) is 36.4 Å². The third-order valence-corrected chi connectivity index (χ3v) is 7.97. The van der Waals surface area contributed by atoms with Crippen LogP contribution in [0.4, 0.5) is 22.7 Å². The van der Waals surface area contributed by atoms with E-state index < -0.39 is 27.6 Å². The summed E-state index contributed by atoms with van der Waals surface area (Å²) in [5, 5.41) is 2.64. The maximum absolute atomic E-state index is 13.6. The Hall–Kier alpha value is -2.21. The van der Waals surface area contributed by atoms with Crippen LogP contribution in [0.25, 0.3) is 11.3 Å². The van der Waals surface area contributed by atoms with E-state index >= 15 is 0 Å². The molecule has 1 saturated heterocycles. The van der Waals surface area contributed by atoms with Crippen molar-refractivity contribution >= 4 is 38.1 Å². The number of rotatable bonds is 4. The molecule has 1 aromatic heterocycles. The van der Waals surface area contributed by atoms with Gasteiger partial charge in [-0.1, -0.05) is 17.7 Å². The number of thiazole rings is 1. The van der Waals surface area contributed by atoms with Crippen molar-refractivity contribution in [2.75, 3.05) is 31.1 Å². The zero-order chi connectivity index (χ0) is 23.1. The van der Waals surface area contributed by atoms with E-state index in [0.717, 1.165) is 18.2 Å². The van der Waals surface area contributed by atoms with Crippen molar-refractivity contribution in [2.45, 2.75) is 11.1 Å². The molecule has 1 aliphatic heterocycles. The first kappa shape index (κ1) is 23.0. The summed E-state index contributed by atoms with van der Waals surface area (Å²) in [5.41, 5.74) is 0.0682. The van der Waals surface area contributed by atoms with Gasteiger partial charge in [0.1, 0.15) is 5.82 Å². The van der Waals surface area contributed by atoms with E-state index in [1.807, 2.05) is 4.90 Å². The van der Waals surface area contributed by atoms with Gasteiger partial charge in [-0.25, -0.2) is 17.8 Å². The minimum Gasteiger partial charge on any atom is -0.345 e. The molecule has 0 unspecified atom stereocenters. The van der Waals surface area contributed by atoms with E-state index in [1.165, 1.54) is 27.8 Å². The highest BCUT2D eigenvalue weighted by atomic mass is 35.5. The van der Waals surface area contributed by atoms with Gasteiger partial charge in [-0.2, -0.15) is 17.5 Å². The van der Waals surface area contributed by atoms with Crippen LogP contribution in [0.3, 0.4) is 0 Å². The van der Waals surface area contributed by atoms with Crippen molar-refractivity contribution in [3.05, 3.63) is 64.2 Å². The average Bonchev–Trinajstić information content (AvgIpc) is 3.23. The summed E-state index contributed by atoms with van der Waals surface area (Å²) in [6.07, 6.45) is -4.63. The molecule has 32 heavy (non-hydrogen) atoms. The highest BCUT2D eigenvalue weighted by molar-refractivity contribution is 7.89. The van der Waals surface area contributed by atoms with Crippen molar-refractivity contribution in [1.29, 1.82) is 0 Å². The van der Waals surface area contributed by atoms with Gasteiger partial charge in [0.15, 0.2) is 5.13 Å². The Morgan fingerprint density at radius 2 is 1.75 bits per heavy atom. The highest BCUT2D eigenvalue weighted by Crippen LogP contribution is 2.33. The summed E-state index contributed by atoms with van der Waals surface area (Å²) < 4.78 is 79.3. The van der Waals surface area contributed by atoms with E-state index in [2.05, 4.69) is 4.98 Å². The van der Waals surface area contributed by atoms with Crippen LogP contribution in [0, 0.1) is 5.82 Å². The summed E-state index contributed by atoms with van der Waals surface area (Å²) >= 11 is 7.23. The number of hydrogen-bond acceptors (Lipinski definition) is 5. The van der Waals surface area contributed by atoms with E-state index in [0.29, 0.717) is 35.5 Å². The molecule has 170 valence electrons. The van der Waals surface area contributed by atoms with Gasteiger partial charge in [0.25, 0.3) is 0 Å². The molecule has 0 bridgehead atoms. The second-order valence-electron chi connectivity index (χ2n) is 7.09. The average molecular weight is 506 g/mol. The van der Waals surface area contributed by atoms with Crippen LogP contribution in [0.5, 0.6) is 0 Å². The number of piperazine rings is 1. The zero-order valence-corrected chi connectivity index (χ0v) is 18.7. The van der Waals surface area contributed by atoms with Gasteiger partial charge in [0.2, 0.25) is 10.0 Å². The Balaban J connectivity index is 1.47. The third-order valence-electron chi connectivity index (χ3n) is 4.96. The molecule has 0 spiro atoms. The molecule has 0 radical (unpaired) electrons. The Morgan fingerprint density at radius 3 is 2.41 bits per heavy atom. The Kier molecular flexibility index (Phi) is 6.19. The number of sulfonamides is 1. The topological polar surface area (TPSA) is 53.5 Å². The number of halogens is 5. The number of alkyl halides is 3. The number of benzene rings is 2. The number of hydrogen-bond donors (Lipinski definition) is 0. The summed E-state index contributed by atoms with van der Waals surface area (Å²) in [6, 6.07) is 7.85. The van der Waals surface area contributed by atoms with Crippen LogP contribution in [-0.4, -0.2) is 43.9 Å². The van der Waals surface area contributed by atoms with Crippen molar-refractivity contribution in [3.63, 3.8) is 0 Å². The van der Waals surface area contributed by atoms with Crippen LogP contribution >= 0.6 is 22.9 Å². The van der Waals surface area contributed by atoms with Gasteiger partial charge in [-0.3, -0.25) is 0 Å². The fraction of sp³-hybridized carbons (Fsp3) is 0.250. The van der Waals surface area contributed by atoms with Gasteiger partial charge in [0, 0.05) is 42.1 Å². The standard InChI is InChI=1S/C20H16ClF4N3O2S2/c21-15-8-13(9-16(22)11-15)18-12-31-19(26-18)27-4-6-28(7-5-27)32(29,30)17-3-1-2-14(10-17)20(23,24)25/h1-3,8-12H,4-7H2. The molecule has 0 amide bonds. The summed E-state index contributed by atoms with van der Waals surface area (Å²) in [4.78, 5) is 5.99. The van der Waals surface area contributed by atoms with Gasteiger partial charge in [-0.15, -0.1) is 11.3 Å². The molecule has 0 aliphatic carbocycles. The molecule has 5 nitrogen and oxygen atoms in total. The molecule has 1 aliphatic rings. The lowest BCUT2D eigenvalue weighted by Gasteiger charge is -2.33. The molecule has 2 heterocycles. The second kappa shape index (κ2) is 8.62. The van der Waals surface area contributed by atoms with E-state index in [1.54, 1.807) is 11.4 Å². The molecule has 0 saturated carbocycles. The van der Waals surface area contributed by atoms with Crippen molar-refractivity contribution < 1.29 is 26.0 Å². The predicted molar refractivity (Wildman–Crippen MR) is 115 cm³/mol. The molecule has 4 rings (SSSR count). The van der Waals surface area contributed by atoms with Crippen molar-refractivity contribution in [2.24, 2.45) is 0 Å². The Morgan fingerprint density at radius 1 is 1.03 bits per heavy atom. The first-order chi connectivity index (χ1) is 15.0. The lowest BCUT2D eigenvalue weighted by Crippen LogP contribution is -2.48. The molecular formula is C20H16ClF4N3O2S2. The van der Waals surface area contributed by atoms with E-state index in [9.17, 15) is 26.0 Å². The summed E-state index contributed by atoms with van der Waals surface area (Å²) in [7, 11) is -4.06. The predicted octanol–water partition coefficient (Wildman–Crippen LogP) is 5.13. The smallest absolute Gasteiger partial charge is 0.345 e. The molecule has 1 fully saturated rings. The lowest BCUT2D eigenvalue weighted by molar-refractivity contribution is -0.137. The first-order valence-electron chi connectivity index (χ1n) is 9.38. The largest absolute Gasteiger partial charge is 0.416 e. The fourth-order valence-corrected chi connectivity index (χ4v) is 5.92. The van der Waals surface area contributed by atoms with Crippen LogP contribution < -0.4 is 4.90 Å². The normalized spacial score (nSPS) is 15.8. The molecule has 12 heteroatoms. The van der Waals surface area contributed by atoms with Crippen molar-refractivity contribution in [1.82, 2.24) is 9.29 Å². The van der Waals surface area contributed by atoms with Gasteiger partial charge >= 0.3 is 6.18 Å². The maximum Gasteiger partial charge on any atom is 0.416 e. The molecule has 0 N–H and O–H groups in total. The quantitative estimate of drug-likeness (QED) is 0.461. The van der Waals surface area contributed by atoms with Crippen LogP contribution in [-0.2, 0) is 16.2 Å². The van der Waals surface area contributed by atoms with E-state index in [4.69, 9.17) is 11.6 Å². The van der Waals surface area contributed by atoms with Crippen molar-refractivity contribution in [3.8, 4) is 11.3 Å². The Labute approximate surface area is 190 Å². The van der Waals surface area contributed by atoms with Crippen LogP contribution in [0.1, 0.15) is 5.56 Å². The fourth-order valence-electron chi connectivity index (χ4n) is 3.35. The van der Waals surface area contributed by atoms with Gasteiger partial charge < -0.3 is 4.90 Å². The SMILES string of the molecule is O=S(=O)(c1cccc(C(F)(F)F)c1)N1CCN(c2nc(-c3cc(F)cc(Cl)c3)cs2)CC1. The monoisotopic (exact) mass is 505 g/mol. The number of nitrogens with zero attached hydrogens (tertiary/aromatic N) is 3. The molecular weight excluding hydrogens is 490 g/mol. The molecule has 0 atom stereocenters. The van der Waals surface area contributed by atoms with E-state index in [-0.39, 0.29) is 23.0 Å². The maximum atomic E-state index is 13.6. The molecule has 3 aromatic rings. The lowest BCUT2D eigenvalue weighted by atomic mass is 10.2. The number of aromatic nitrogens is 1. The zero-order valence-electron chi connectivity index (χ0n) is 16.3.